The van der Waals surface area contributed by atoms with Gasteiger partial charge in [0, 0.05) is 9.26 Å². The molecule has 0 unspecified atom stereocenters. The van der Waals surface area contributed by atoms with Gasteiger partial charge in [-0.05, 0) is 59.7 Å². The Kier molecular flexibility index (Phi) is 3.43. The number of carbonyl (C=O) groups is 1. The predicted octanol–water partition coefficient (Wildman–Crippen LogP) is 2.38. The van der Waals surface area contributed by atoms with Gasteiger partial charge in [-0.1, -0.05) is 0 Å². The molecule has 0 aromatic heterocycles. The van der Waals surface area contributed by atoms with E-state index >= 15 is 0 Å². The van der Waals surface area contributed by atoms with E-state index < -0.39 is 0 Å². The van der Waals surface area contributed by atoms with Gasteiger partial charge in [0.1, 0.15) is 6.04 Å². The van der Waals surface area contributed by atoms with Crippen LogP contribution < -0.4 is 5.32 Å². The lowest BCUT2D eigenvalue weighted by Crippen LogP contribution is -2.36. The number of ether oxygens (including phenoxy) is 2. The number of rotatable bonds is 2. The molecule has 0 saturated carbocycles. The van der Waals surface area contributed by atoms with Gasteiger partial charge in [0.05, 0.1) is 12.5 Å². The zero-order chi connectivity index (χ0) is 12.5. The van der Waals surface area contributed by atoms with Crippen molar-refractivity contribution in [2.75, 3.05) is 11.9 Å². The van der Waals surface area contributed by atoms with Gasteiger partial charge in [-0.2, -0.15) is 0 Å². The highest BCUT2D eigenvalue weighted by atomic mass is 127. The van der Waals surface area contributed by atoms with Gasteiger partial charge in [0.2, 0.25) is 6.29 Å². The fourth-order valence-corrected chi connectivity index (χ4v) is 2.84. The van der Waals surface area contributed by atoms with E-state index in [4.69, 9.17) is 9.47 Å². The Balaban J connectivity index is 1.75. The summed E-state index contributed by atoms with van der Waals surface area (Å²) in [6.07, 6.45) is 1.61. The van der Waals surface area contributed by atoms with Crippen molar-refractivity contribution in [2.45, 2.75) is 25.2 Å². The summed E-state index contributed by atoms with van der Waals surface area (Å²) in [4.78, 5) is 11.8. The Morgan fingerprint density at radius 3 is 2.83 bits per heavy atom. The normalized spacial score (nSPS) is 30.7. The van der Waals surface area contributed by atoms with Crippen molar-refractivity contribution in [1.82, 2.24) is 0 Å². The number of nitrogens with one attached hydrogen (secondary N) is 1. The van der Waals surface area contributed by atoms with Crippen molar-refractivity contribution in [3.63, 3.8) is 0 Å². The van der Waals surface area contributed by atoms with Crippen molar-refractivity contribution < 1.29 is 14.3 Å². The molecule has 0 radical (unpaired) electrons. The van der Waals surface area contributed by atoms with Crippen LogP contribution in [0.3, 0.4) is 0 Å². The van der Waals surface area contributed by atoms with Crippen LogP contribution >= 0.6 is 22.6 Å². The highest BCUT2D eigenvalue weighted by Gasteiger charge is 2.46. The highest BCUT2D eigenvalue weighted by Crippen LogP contribution is 2.33. The molecule has 18 heavy (non-hydrogen) atoms. The molecule has 0 aliphatic carbocycles. The summed E-state index contributed by atoms with van der Waals surface area (Å²) in [5.41, 5.74) is 0.948. The maximum Gasteiger partial charge on any atom is 0.331 e. The molecule has 1 aromatic carbocycles. The summed E-state index contributed by atoms with van der Waals surface area (Å²) < 4.78 is 11.9. The van der Waals surface area contributed by atoms with Crippen LogP contribution in [0.5, 0.6) is 0 Å². The summed E-state index contributed by atoms with van der Waals surface area (Å²) >= 11 is 2.26. The van der Waals surface area contributed by atoms with E-state index in [1.165, 1.54) is 3.57 Å². The first-order valence-electron chi connectivity index (χ1n) is 6.08. The molecule has 0 bridgehead atoms. The molecule has 0 spiro atoms. The van der Waals surface area contributed by atoms with Gasteiger partial charge in [-0.15, -0.1) is 0 Å². The second-order valence-electron chi connectivity index (χ2n) is 4.61. The molecule has 2 fully saturated rings. The van der Waals surface area contributed by atoms with Crippen molar-refractivity contribution in [1.29, 1.82) is 0 Å². The van der Waals surface area contributed by atoms with Gasteiger partial charge >= 0.3 is 5.97 Å². The summed E-state index contributed by atoms with van der Waals surface area (Å²) in [5, 5.41) is 3.26. The van der Waals surface area contributed by atoms with E-state index in [2.05, 4.69) is 27.9 Å². The van der Waals surface area contributed by atoms with Crippen LogP contribution in [-0.2, 0) is 14.3 Å². The van der Waals surface area contributed by atoms with Crippen molar-refractivity contribution in [3.8, 4) is 0 Å². The Morgan fingerprint density at radius 2 is 2.06 bits per heavy atom. The number of esters is 1. The molecule has 2 heterocycles. The first kappa shape index (κ1) is 12.2. The zero-order valence-corrected chi connectivity index (χ0v) is 11.9. The summed E-state index contributed by atoms with van der Waals surface area (Å²) in [6, 6.07) is 7.70. The number of halogens is 1. The van der Waals surface area contributed by atoms with Gasteiger partial charge < -0.3 is 14.8 Å². The third-order valence-electron chi connectivity index (χ3n) is 3.39. The van der Waals surface area contributed by atoms with E-state index in [0.717, 1.165) is 18.5 Å². The van der Waals surface area contributed by atoms with Crippen LogP contribution in [0, 0.1) is 9.49 Å². The molecular weight excluding hydrogens is 345 g/mol. The fraction of sp³-hybridized carbons (Fsp3) is 0.462. The summed E-state index contributed by atoms with van der Waals surface area (Å²) in [5.74, 6) is -0.0732. The molecule has 1 N–H and O–H groups in total. The zero-order valence-electron chi connectivity index (χ0n) is 9.77. The second kappa shape index (κ2) is 5.05. The smallest absolute Gasteiger partial charge is 0.331 e. The number of fused-ring (bicyclic) bond motifs is 1. The third kappa shape index (κ3) is 2.33. The quantitative estimate of drug-likeness (QED) is 0.651. The molecule has 96 valence electrons. The summed E-state index contributed by atoms with van der Waals surface area (Å²) in [6.45, 7) is 0.685. The van der Waals surface area contributed by atoms with E-state index in [1.54, 1.807) is 0 Å². The van der Waals surface area contributed by atoms with E-state index in [0.29, 0.717) is 6.61 Å². The average Bonchev–Trinajstić information content (AvgIpc) is 2.69. The van der Waals surface area contributed by atoms with Crippen LogP contribution in [0.4, 0.5) is 5.69 Å². The highest BCUT2D eigenvalue weighted by molar-refractivity contribution is 14.1. The number of hydrogen-bond acceptors (Lipinski definition) is 4. The van der Waals surface area contributed by atoms with E-state index in [-0.39, 0.29) is 24.2 Å². The molecule has 2 aliphatic rings. The minimum absolute atomic E-state index is 0.130. The molecule has 2 aliphatic heterocycles. The van der Waals surface area contributed by atoms with Crippen molar-refractivity contribution >= 4 is 34.2 Å². The first-order chi connectivity index (χ1) is 8.74. The first-order valence-corrected chi connectivity index (χ1v) is 7.16. The maximum atomic E-state index is 11.8. The predicted molar refractivity (Wildman–Crippen MR) is 75.1 cm³/mol. The monoisotopic (exact) mass is 359 g/mol. The van der Waals surface area contributed by atoms with Gasteiger partial charge in [-0.3, -0.25) is 0 Å². The number of hydrogen-bond donors (Lipinski definition) is 1. The van der Waals surface area contributed by atoms with Crippen LogP contribution in [0.25, 0.3) is 0 Å². The molecule has 2 saturated heterocycles. The lowest BCUT2D eigenvalue weighted by atomic mass is 9.94. The van der Waals surface area contributed by atoms with Gasteiger partial charge in [0.15, 0.2) is 0 Å². The Morgan fingerprint density at radius 1 is 1.28 bits per heavy atom. The van der Waals surface area contributed by atoms with E-state index in [9.17, 15) is 4.79 Å². The lowest BCUT2D eigenvalue weighted by Gasteiger charge is -2.26. The molecule has 3 rings (SSSR count). The minimum atomic E-state index is -0.354. The Bertz CT molecular complexity index is 448. The molecule has 3 atom stereocenters. The standard InChI is InChI=1S/C13H14INO3/c14-8-3-5-9(6-4-8)15-11-10-2-1-7-17-13(10)18-12(11)16/h3-6,10-11,13,15H,1-2,7H2/t10-,11+,13-/m0/s1. The summed E-state index contributed by atoms with van der Waals surface area (Å²) in [7, 11) is 0. The van der Waals surface area contributed by atoms with Crippen LogP contribution in [0.1, 0.15) is 12.8 Å². The van der Waals surface area contributed by atoms with E-state index in [1.807, 2.05) is 24.3 Å². The largest absolute Gasteiger partial charge is 0.434 e. The van der Waals surface area contributed by atoms with Crippen LogP contribution in [-0.4, -0.2) is 24.9 Å². The number of carbonyl (C=O) groups excluding carboxylic acids is 1. The SMILES string of the molecule is O=C1O[C@@H]2OCCC[C@H]2[C@H]1Nc1ccc(I)cc1. The average molecular weight is 359 g/mol. The molecule has 4 nitrogen and oxygen atoms in total. The lowest BCUT2D eigenvalue weighted by molar-refractivity contribution is -0.174. The van der Waals surface area contributed by atoms with Crippen LogP contribution in [0.2, 0.25) is 0 Å². The van der Waals surface area contributed by atoms with Crippen molar-refractivity contribution in [3.05, 3.63) is 27.8 Å². The topological polar surface area (TPSA) is 47.6 Å². The number of benzene rings is 1. The van der Waals surface area contributed by atoms with Crippen molar-refractivity contribution in [2.24, 2.45) is 5.92 Å². The maximum absolute atomic E-state index is 11.8. The fourth-order valence-electron chi connectivity index (χ4n) is 2.48. The Labute approximate surface area is 119 Å². The number of anilines is 1. The second-order valence-corrected chi connectivity index (χ2v) is 5.86. The minimum Gasteiger partial charge on any atom is -0.434 e. The molecule has 1 aromatic rings. The third-order valence-corrected chi connectivity index (χ3v) is 4.11. The Hall–Kier alpha value is -0.820. The molecule has 5 heteroatoms. The molecular formula is C13H14INO3. The van der Waals surface area contributed by atoms with Gasteiger partial charge in [-0.25, -0.2) is 4.79 Å². The van der Waals surface area contributed by atoms with Gasteiger partial charge in [0.25, 0.3) is 0 Å². The van der Waals surface area contributed by atoms with Crippen LogP contribution in [0.15, 0.2) is 24.3 Å². The molecule has 0 amide bonds.